The summed E-state index contributed by atoms with van der Waals surface area (Å²) in [4.78, 5) is 14.4. The van der Waals surface area contributed by atoms with Crippen LogP contribution in [0.4, 0.5) is 0 Å². The zero-order valence-electron chi connectivity index (χ0n) is 30.4. The normalized spacial score (nSPS) is 13.4. The van der Waals surface area contributed by atoms with Crippen molar-refractivity contribution >= 4 is 65.1 Å². The van der Waals surface area contributed by atoms with E-state index in [1.54, 1.807) is 6.08 Å². The van der Waals surface area contributed by atoms with Crippen LogP contribution in [0.2, 0.25) is 0 Å². The van der Waals surface area contributed by atoms with Crippen LogP contribution in [0, 0.1) is 0 Å². The van der Waals surface area contributed by atoms with Gasteiger partial charge in [-0.15, -0.1) is 0 Å². The monoisotopic (exact) mass is 717 g/mol. The second-order valence-corrected chi connectivity index (χ2v) is 14.7. The van der Waals surface area contributed by atoms with Crippen LogP contribution in [0.5, 0.6) is 17.2 Å². The molecule has 0 aliphatic carbocycles. The highest BCUT2D eigenvalue weighted by molar-refractivity contribution is 6.23. The Morgan fingerprint density at radius 1 is 0.518 bits per heavy atom. The molecule has 0 saturated heterocycles. The SMILES string of the molecule is C=CC1=C(/C=C\C)c2ccc(-c3ccc4c(c3)c3cc(-c5ccc6c7c(cccc57)Oc5ccccc5-6)cc5c6ccccc6c(=O)n4c53)c3cccc(c23)O1. The van der Waals surface area contributed by atoms with Gasteiger partial charge in [0.05, 0.1) is 11.0 Å². The van der Waals surface area contributed by atoms with Crippen LogP contribution in [-0.2, 0) is 0 Å². The van der Waals surface area contributed by atoms with Gasteiger partial charge >= 0.3 is 0 Å². The number of nitrogens with zero attached hydrogens (tertiary/aromatic N) is 1. The summed E-state index contributed by atoms with van der Waals surface area (Å²) in [5, 5.41) is 9.19. The topological polar surface area (TPSA) is 39.9 Å². The molecule has 0 bridgehead atoms. The van der Waals surface area contributed by atoms with Gasteiger partial charge in [0.2, 0.25) is 0 Å². The highest BCUT2D eigenvalue weighted by Crippen LogP contribution is 2.50. The van der Waals surface area contributed by atoms with Gasteiger partial charge < -0.3 is 9.47 Å². The van der Waals surface area contributed by atoms with Gasteiger partial charge in [-0.05, 0) is 111 Å². The first-order valence-electron chi connectivity index (χ1n) is 18.9. The lowest BCUT2D eigenvalue weighted by Crippen LogP contribution is -2.12. The van der Waals surface area contributed by atoms with E-state index in [-0.39, 0.29) is 5.56 Å². The molecule has 0 amide bonds. The summed E-state index contributed by atoms with van der Waals surface area (Å²) in [6.07, 6.45) is 5.90. The Labute approximate surface area is 321 Å². The highest BCUT2D eigenvalue weighted by Gasteiger charge is 2.25. The predicted octanol–water partition coefficient (Wildman–Crippen LogP) is 13.5. The van der Waals surface area contributed by atoms with Crippen LogP contribution in [0.25, 0.3) is 98.5 Å². The van der Waals surface area contributed by atoms with Gasteiger partial charge in [0.1, 0.15) is 23.0 Å². The molecular formula is C52H31NO3. The lowest BCUT2D eigenvalue weighted by molar-refractivity contribution is 0.449. The molecule has 0 atom stereocenters. The van der Waals surface area contributed by atoms with Crippen molar-refractivity contribution in [1.82, 2.24) is 4.40 Å². The minimum Gasteiger partial charge on any atom is -0.456 e. The highest BCUT2D eigenvalue weighted by atomic mass is 16.5. The summed E-state index contributed by atoms with van der Waals surface area (Å²) in [5.41, 5.74) is 10.6. The van der Waals surface area contributed by atoms with Gasteiger partial charge in [0.15, 0.2) is 0 Å². The first-order chi connectivity index (χ1) is 27.6. The lowest BCUT2D eigenvalue weighted by Gasteiger charge is -2.23. The summed E-state index contributed by atoms with van der Waals surface area (Å²) < 4.78 is 14.8. The largest absolute Gasteiger partial charge is 0.456 e. The number of ether oxygens (including phenoxy) is 2. The van der Waals surface area contributed by atoms with Crippen molar-refractivity contribution in [2.45, 2.75) is 6.92 Å². The van der Waals surface area contributed by atoms with Crippen molar-refractivity contribution in [3.63, 3.8) is 0 Å². The number of hydrogen-bond acceptors (Lipinski definition) is 3. The van der Waals surface area contributed by atoms with Crippen LogP contribution < -0.4 is 15.0 Å². The molecule has 0 fully saturated rings. The smallest absolute Gasteiger partial charge is 0.263 e. The Bertz CT molecular complexity index is 3530. The van der Waals surface area contributed by atoms with E-state index in [0.717, 1.165) is 116 Å². The molecule has 2 aliphatic heterocycles. The lowest BCUT2D eigenvalue weighted by atomic mass is 9.88. The molecule has 0 spiro atoms. The van der Waals surface area contributed by atoms with E-state index in [0.29, 0.717) is 5.39 Å². The maximum absolute atomic E-state index is 14.4. The number of aromatic nitrogens is 1. The van der Waals surface area contributed by atoms with Crippen molar-refractivity contribution < 1.29 is 9.47 Å². The molecule has 0 saturated carbocycles. The van der Waals surface area contributed by atoms with E-state index < -0.39 is 0 Å². The Morgan fingerprint density at radius 2 is 1.12 bits per heavy atom. The third-order valence-corrected chi connectivity index (χ3v) is 11.8. The summed E-state index contributed by atoms with van der Waals surface area (Å²) in [6.45, 7) is 6.04. The Morgan fingerprint density at radius 3 is 1.91 bits per heavy atom. The van der Waals surface area contributed by atoms with Gasteiger partial charge in [0, 0.05) is 43.5 Å². The molecule has 4 nitrogen and oxygen atoms in total. The third kappa shape index (κ3) is 4.05. The Kier molecular flexibility index (Phi) is 6.25. The minimum absolute atomic E-state index is 0.00828. The standard InChI is InChI=1S/C52H31NO3/c1-3-11-34-38-23-21-31(36-15-9-18-47(49(36)38)55-45(34)4-2)29-20-25-44-41(26-29)43-28-30(27-42-33-12-5-6-14-40(33)52(54)53(44)51(42)43)32-22-24-39-35-13-7-8-17-46(35)56-48-19-10-16-37(32)50(39)48/h3-28H,2H2,1H3/b11-3-. The average Bonchev–Trinajstić information content (AvgIpc) is 3.57. The molecule has 4 heterocycles. The second kappa shape index (κ2) is 11.3. The fourth-order valence-corrected chi connectivity index (χ4v) is 9.47. The quantitative estimate of drug-likeness (QED) is 0.170. The zero-order valence-corrected chi connectivity index (χ0v) is 30.4. The Balaban J connectivity index is 1.15. The maximum atomic E-state index is 14.4. The molecule has 12 rings (SSSR count). The van der Waals surface area contributed by atoms with Crippen molar-refractivity contribution in [3.05, 3.63) is 186 Å². The summed E-state index contributed by atoms with van der Waals surface area (Å²) in [5.74, 6) is 3.30. The molecule has 8 aromatic carbocycles. The van der Waals surface area contributed by atoms with Crippen LogP contribution in [-0.4, -0.2) is 4.40 Å². The van der Waals surface area contributed by atoms with Crippen molar-refractivity contribution in [2.24, 2.45) is 0 Å². The number of benzene rings is 8. The average molecular weight is 718 g/mol. The predicted molar refractivity (Wildman–Crippen MR) is 231 cm³/mol. The molecule has 4 heteroatoms. The summed E-state index contributed by atoms with van der Waals surface area (Å²) in [6, 6.07) is 48.8. The fraction of sp³-hybridized carbons (Fsp3) is 0.0192. The molecule has 0 N–H and O–H groups in total. The molecule has 2 aliphatic rings. The second-order valence-electron chi connectivity index (χ2n) is 14.7. The first-order valence-corrected chi connectivity index (χ1v) is 18.9. The molecule has 2 aromatic heterocycles. The number of pyridine rings is 1. The molecule has 0 unspecified atom stereocenters. The number of hydrogen-bond donors (Lipinski definition) is 0. The Hall–Kier alpha value is -7.43. The van der Waals surface area contributed by atoms with Gasteiger partial charge in [0.25, 0.3) is 5.56 Å². The summed E-state index contributed by atoms with van der Waals surface area (Å²) in [7, 11) is 0. The molecule has 10 aromatic rings. The summed E-state index contributed by atoms with van der Waals surface area (Å²) >= 11 is 0. The third-order valence-electron chi connectivity index (χ3n) is 11.8. The number of rotatable bonds is 4. The van der Waals surface area contributed by atoms with E-state index in [4.69, 9.17) is 9.47 Å². The number of allylic oxidation sites excluding steroid dienone is 4. The minimum atomic E-state index is -0.00828. The zero-order chi connectivity index (χ0) is 37.2. The van der Waals surface area contributed by atoms with Crippen molar-refractivity contribution in [1.29, 1.82) is 0 Å². The molecule has 0 radical (unpaired) electrons. The van der Waals surface area contributed by atoms with Crippen LogP contribution in [0.15, 0.2) is 175 Å². The van der Waals surface area contributed by atoms with Crippen molar-refractivity contribution in [3.8, 4) is 50.6 Å². The van der Waals surface area contributed by atoms with E-state index in [2.05, 4.69) is 116 Å². The van der Waals surface area contributed by atoms with E-state index >= 15 is 0 Å². The van der Waals surface area contributed by atoms with Crippen LogP contribution >= 0.6 is 0 Å². The van der Waals surface area contributed by atoms with E-state index in [1.165, 1.54) is 5.56 Å². The number of para-hydroxylation sites is 1. The maximum Gasteiger partial charge on any atom is 0.263 e. The van der Waals surface area contributed by atoms with E-state index in [9.17, 15) is 4.79 Å². The number of fused-ring (bicyclic) bond motifs is 7. The molecular weight excluding hydrogens is 687 g/mol. The first kappa shape index (κ1) is 31.0. The van der Waals surface area contributed by atoms with Gasteiger partial charge in [-0.25, -0.2) is 0 Å². The fourth-order valence-electron chi connectivity index (χ4n) is 9.47. The van der Waals surface area contributed by atoms with Crippen molar-refractivity contribution in [2.75, 3.05) is 0 Å². The molecule has 56 heavy (non-hydrogen) atoms. The van der Waals surface area contributed by atoms with Gasteiger partial charge in [-0.2, -0.15) is 0 Å². The van der Waals surface area contributed by atoms with Gasteiger partial charge in [-0.3, -0.25) is 9.20 Å². The van der Waals surface area contributed by atoms with Crippen LogP contribution in [0.1, 0.15) is 12.5 Å². The van der Waals surface area contributed by atoms with E-state index in [1.807, 2.05) is 53.8 Å². The van der Waals surface area contributed by atoms with Gasteiger partial charge in [-0.1, -0.05) is 110 Å². The molecule has 262 valence electrons. The van der Waals surface area contributed by atoms with Crippen LogP contribution in [0.3, 0.4) is 0 Å².